The third-order valence-electron chi connectivity index (χ3n) is 13.7. The van der Waals surface area contributed by atoms with Crippen molar-refractivity contribution in [2.45, 2.75) is 126 Å². The zero-order valence-electron chi connectivity index (χ0n) is 46.1. The van der Waals surface area contributed by atoms with E-state index in [-0.39, 0.29) is 142 Å². The molecule has 0 saturated heterocycles. The van der Waals surface area contributed by atoms with Crippen LogP contribution in [0.3, 0.4) is 0 Å². The lowest BCUT2D eigenvalue weighted by Crippen LogP contribution is -2.46. The number of sulfone groups is 3. The minimum absolute atomic E-state index is 0.00412. The fraction of sp³-hybridized carbons (Fsp3) is 0.745. The molecule has 3 aromatic heterocycles. The van der Waals surface area contributed by atoms with Gasteiger partial charge in [-0.05, 0) is 84.8 Å². The molecule has 0 aromatic carbocycles. The van der Waals surface area contributed by atoms with Gasteiger partial charge in [0.15, 0.2) is 29.5 Å². The van der Waals surface area contributed by atoms with Gasteiger partial charge < -0.3 is 44.4 Å². The van der Waals surface area contributed by atoms with Crippen LogP contribution in [-0.2, 0) is 93.5 Å². The molecule has 6 N–H and O–H groups in total. The molecule has 0 saturated carbocycles. The lowest BCUT2D eigenvalue weighted by Gasteiger charge is -2.37. The highest BCUT2D eigenvalue weighted by Gasteiger charge is 2.46. The van der Waals surface area contributed by atoms with Crippen molar-refractivity contribution in [3.63, 3.8) is 0 Å². The van der Waals surface area contributed by atoms with Crippen molar-refractivity contribution in [2.24, 2.45) is 5.92 Å². The molecular formula is C47H78N6O18S9. The van der Waals surface area contributed by atoms with Gasteiger partial charge in [0, 0.05) is 59.9 Å². The summed E-state index contributed by atoms with van der Waals surface area (Å²) in [7, 11) is -23.1. The molecule has 0 aliphatic carbocycles. The number of thiophene rings is 3. The number of ether oxygens (including phenoxy) is 6. The number of hydrogen-bond acceptors (Lipinski definition) is 24. The topological polar surface area (TPSA) is 332 Å². The number of sulfonamides is 3. The predicted molar refractivity (Wildman–Crippen MR) is 305 cm³/mol. The Hall–Kier alpha value is -1.68. The second-order valence-corrected chi connectivity index (χ2v) is 36.7. The highest BCUT2D eigenvalue weighted by atomic mass is 32.3. The van der Waals surface area contributed by atoms with Crippen LogP contribution in [0.25, 0.3) is 0 Å². The summed E-state index contributed by atoms with van der Waals surface area (Å²) in [5.74, 6) is -0.302. The second kappa shape index (κ2) is 29.1. The fourth-order valence-corrected chi connectivity index (χ4v) is 24.9. The molecule has 0 unspecified atom stereocenters. The maximum atomic E-state index is 13.3. The summed E-state index contributed by atoms with van der Waals surface area (Å²) in [5.41, 5.74) is 0.660. The lowest BCUT2D eigenvalue weighted by atomic mass is 9.89. The molecule has 0 bridgehead atoms. The number of hydrogen-bond donors (Lipinski definition) is 6. The van der Waals surface area contributed by atoms with E-state index in [0.29, 0.717) is 55.6 Å². The summed E-state index contributed by atoms with van der Waals surface area (Å²) >= 11 is 2.22. The van der Waals surface area contributed by atoms with E-state index in [0.717, 1.165) is 34.0 Å². The van der Waals surface area contributed by atoms with Gasteiger partial charge in [0.25, 0.3) is 0 Å². The van der Waals surface area contributed by atoms with Crippen molar-refractivity contribution >= 4 is 93.6 Å². The summed E-state index contributed by atoms with van der Waals surface area (Å²) in [6.45, 7) is 15.2. The van der Waals surface area contributed by atoms with Gasteiger partial charge in [-0.25, -0.2) is 64.7 Å². The van der Waals surface area contributed by atoms with E-state index in [2.05, 4.69) is 30.1 Å². The Morgan fingerprint density at radius 2 is 0.863 bits per heavy atom. The van der Waals surface area contributed by atoms with Crippen molar-refractivity contribution in [1.82, 2.24) is 30.1 Å². The first-order chi connectivity index (χ1) is 37.7. The molecule has 80 heavy (non-hydrogen) atoms. The molecule has 0 radical (unpaired) electrons. The molecule has 0 spiro atoms. The van der Waals surface area contributed by atoms with Gasteiger partial charge in [-0.15, -0.1) is 34.0 Å². The molecule has 0 fully saturated rings. The van der Waals surface area contributed by atoms with E-state index in [1.165, 1.54) is 18.2 Å². The van der Waals surface area contributed by atoms with Gasteiger partial charge in [0.2, 0.25) is 30.1 Å². The van der Waals surface area contributed by atoms with Crippen LogP contribution in [-0.4, -0.2) is 185 Å². The number of nitrogens with one attached hydrogen (secondary N) is 6. The van der Waals surface area contributed by atoms with E-state index in [1.807, 2.05) is 27.7 Å². The van der Waals surface area contributed by atoms with Crippen molar-refractivity contribution in [1.29, 1.82) is 0 Å². The highest BCUT2D eigenvalue weighted by molar-refractivity contribution is 7.97. The van der Waals surface area contributed by atoms with Gasteiger partial charge in [-0.2, -0.15) is 0 Å². The van der Waals surface area contributed by atoms with Gasteiger partial charge in [0.05, 0.1) is 95.0 Å². The second-order valence-electron chi connectivity index (χ2n) is 19.8. The first kappa shape index (κ1) is 67.4. The standard InChI is InChI=1S/C47H78N6O18S9/c1-8-48-39-23-32(4)75(54,55)44-36(39)25-41(72-44)78(60,61)51-11-14-66-17-20-69-29-35(30-70-21-18-67-15-12-52-79(62,63)42-26-37-40(49-9-2)24-33(5)76(56,57)45(37)73-42)31-71-22-19-68-16-13-53-80(64,65)43-27-38-46(74-43)77(58,59)34(6)28-47(38,7)50-10-3/h25-27,32-35,39-40,48-53H,8-24,28-31H2,1-7H3/t32-,33-,34-,39-,40-,47-/m0/s1. The van der Waals surface area contributed by atoms with Crippen LogP contribution < -0.4 is 30.1 Å². The quantitative estimate of drug-likeness (QED) is 0.0456. The minimum atomic E-state index is -4.05. The Morgan fingerprint density at radius 3 is 1.24 bits per heavy atom. The maximum Gasteiger partial charge on any atom is 0.250 e. The predicted octanol–water partition coefficient (Wildman–Crippen LogP) is 2.65. The summed E-state index contributed by atoms with van der Waals surface area (Å²) < 4.78 is 200. The molecule has 458 valence electrons. The summed E-state index contributed by atoms with van der Waals surface area (Å²) in [6.07, 6.45) is 0.987. The fourth-order valence-electron chi connectivity index (χ4n) is 9.47. The third-order valence-corrected chi connectivity index (χ3v) is 31.1. The number of fused-ring (bicyclic) bond motifs is 3. The molecule has 6 heterocycles. The molecule has 3 aromatic rings. The Kier molecular flexibility index (Phi) is 24.6. The Balaban J connectivity index is 0.925. The first-order valence-electron chi connectivity index (χ1n) is 26.5. The minimum Gasteiger partial charge on any atom is -0.379 e. The van der Waals surface area contributed by atoms with Gasteiger partial charge >= 0.3 is 0 Å². The van der Waals surface area contributed by atoms with E-state index in [1.54, 1.807) is 20.8 Å². The van der Waals surface area contributed by atoms with E-state index < -0.39 is 80.9 Å². The lowest BCUT2D eigenvalue weighted by molar-refractivity contribution is -0.0361. The van der Waals surface area contributed by atoms with Crippen molar-refractivity contribution in [3.8, 4) is 0 Å². The van der Waals surface area contributed by atoms with Crippen molar-refractivity contribution in [3.05, 3.63) is 34.9 Å². The average molecular weight is 1300 g/mol. The Labute approximate surface area is 484 Å². The first-order valence-corrected chi connectivity index (χ1v) is 38.0. The van der Waals surface area contributed by atoms with Crippen LogP contribution in [0, 0.1) is 5.92 Å². The van der Waals surface area contributed by atoms with Crippen LogP contribution in [0.1, 0.15) is 96.5 Å². The largest absolute Gasteiger partial charge is 0.379 e. The summed E-state index contributed by atoms with van der Waals surface area (Å²) in [5, 5.41) is 7.83. The van der Waals surface area contributed by atoms with E-state index in [4.69, 9.17) is 28.4 Å². The molecule has 24 nitrogen and oxygen atoms in total. The molecule has 33 heteroatoms. The normalized spacial score (nSPS) is 23.5. The van der Waals surface area contributed by atoms with Gasteiger partial charge in [-0.1, -0.05) is 20.8 Å². The van der Waals surface area contributed by atoms with Crippen molar-refractivity contribution in [2.75, 3.05) is 119 Å². The monoisotopic (exact) mass is 1300 g/mol. The molecule has 3 aliphatic rings. The van der Waals surface area contributed by atoms with Crippen LogP contribution in [0.5, 0.6) is 0 Å². The molecular weight excluding hydrogens is 1230 g/mol. The van der Waals surface area contributed by atoms with Gasteiger partial charge in [0.1, 0.15) is 25.3 Å². The Bertz CT molecular complexity index is 3080. The van der Waals surface area contributed by atoms with E-state index in [9.17, 15) is 50.5 Å². The average Bonchev–Trinajstić information content (AvgIpc) is 4.25. The molecule has 3 aliphatic heterocycles. The highest BCUT2D eigenvalue weighted by Crippen LogP contribution is 2.47. The number of rotatable bonds is 36. The van der Waals surface area contributed by atoms with E-state index >= 15 is 0 Å². The van der Waals surface area contributed by atoms with Crippen LogP contribution in [0.15, 0.2) is 43.5 Å². The Morgan fingerprint density at radius 1 is 0.512 bits per heavy atom. The van der Waals surface area contributed by atoms with Crippen molar-refractivity contribution < 1.29 is 78.9 Å². The van der Waals surface area contributed by atoms with Crippen LogP contribution in [0.2, 0.25) is 0 Å². The SMILES string of the molecule is CCN[C@H]1C[C@H](C)S(=O)(=O)c2sc(S(=O)(=O)NCCOCCOCC(COCCOCCNS(=O)(=O)c3cc4c(s3)S(=O)(=O)[C@@H](C)C[C@@H]4NCC)COCCOCCNS(=O)(=O)c3cc4c(s3)S(=O)(=O)[C@@H](C)C[C@]4(C)NCC)cc21. The zero-order valence-corrected chi connectivity index (χ0v) is 53.4. The smallest absolute Gasteiger partial charge is 0.250 e. The molecule has 0 amide bonds. The summed E-state index contributed by atoms with van der Waals surface area (Å²) in [4.78, 5) is 0. The summed E-state index contributed by atoms with van der Waals surface area (Å²) in [6, 6.07) is 3.73. The zero-order chi connectivity index (χ0) is 58.7. The molecule has 6 atom stereocenters. The molecule has 6 rings (SSSR count). The maximum absolute atomic E-state index is 13.3. The third kappa shape index (κ3) is 16.6. The van der Waals surface area contributed by atoms with Crippen LogP contribution in [0.4, 0.5) is 0 Å². The van der Waals surface area contributed by atoms with Gasteiger partial charge in [-0.3, -0.25) is 0 Å². The van der Waals surface area contributed by atoms with Crippen LogP contribution >= 0.6 is 34.0 Å².